The summed E-state index contributed by atoms with van der Waals surface area (Å²) in [5.74, 6) is 0.912. The van der Waals surface area contributed by atoms with Crippen LogP contribution < -0.4 is 10.6 Å². The zero-order valence-corrected chi connectivity index (χ0v) is 37.4. The molecule has 0 spiro atoms. The molecule has 1 fully saturated rings. The van der Waals surface area contributed by atoms with Crippen LogP contribution in [0.4, 0.5) is 19.7 Å². The second-order valence-corrected chi connectivity index (χ2v) is 16.4. The number of nitrogen functional groups attached to an aromatic ring is 1. The molecule has 5 rings (SSSR count). The average Bonchev–Trinajstić information content (AvgIpc) is 3.92. The van der Waals surface area contributed by atoms with Crippen molar-refractivity contribution in [2.45, 2.75) is 173 Å². The maximum Gasteiger partial charge on any atom is 0.226 e. The minimum atomic E-state index is -0.518. The number of nitrogens with two attached hydrogens (primary N) is 1. The van der Waals surface area contributed by atoms with Gasteiger partial charge in [0.15, 0.2) is 5.82 Å². The predicted octanol–water partition coefficient (Wildman–Crippen LogP) is 13.3. The van der Waals surface area contributed by atoms with Crippen LogP contribution in [0.2, 0.25) is 0 Å². The fourth-order valence-electron chi connectivity index (χ4n) is 6.45. The summed E-state index contributed by atoms with van der Waals surface area (Å²) in [5.41, 5.74) is 9.97. The van der Waals surface area contributed by atoms with Crippen molar-refractivity contribution < 1.29 is 18.6 Å². The lowest BCUT2D eigenvalue weighted by Crippen LogP contribution is -2.30. The van der Waals surface area contributed by atoms with E-state index in [1.165, 1.54) is 51.0 Å². The van der Waals surface area contributed by atoms with Crippen molar-refractivity contribution in [3.05, 3.63) is 56.4 Å². The largest absolute Gasteiger partial charge is 0.393 e. The first-order chi connectivity index (χ1) is 26.7. The number of halogens is 2. The van der Waals surface area contributed by atoms with E-state index in [0.717, 1.165) is 47.8 Å². The van der Waals surface area contributed by atoms with Crippen LogP contribution in [0, 0.1) is 29.0 Å². The second-order valence-electron chi connectivity index (χ2n) is 15.3. The number of ether oxygens (including phenoxy) is 1. The van der Waals surface area contributed by atoms with Crippen LogP contribution in [0.5, 0.6) is 0 Å². The molecule has 312 valence electrons. The Bertz CT molecular complexity index is 1790. The molecule has 1 aromatic carbocycles. The zero-order chi connectivity index (χ0) is 42.1. The molecule has 4 heterocycles. The molecular weight excluding hydrogens is 725 g/mol. The highest BCUT2D eigenvalue weighted by Gasteiger charge is 2.34. The molecule has 2 aliphatic heterocycles. The lowest BCUT2D eigenvalue weighted by molar-refractivity contribution is 0.134. The third-order valence-corrected chi connectivity index (χ3v) is 12.2. The summed E-state index contributed by atoms with van der Waals surface area (Å²) in [6.07, 6.45) is 15.0. The molecule has 4 atom stereocenters. The van der Waals surface area contributed by atoms with Crippen LogP contribution in [0.25, 0.3) is 22.3 Å². The molecule has 2 aromatic heterocycles. The fourth-order valence-corrected chi connectivity index (χ4v) is 7.44. The van der Waals surface area contributed by atoms with Crippen molar-refractivity contribution in [1.29, 1.82) is 5.26 Å². The number of thiophene rings is 1. The van der Waals surface area contributed by atoms with Crippen molar-refractivity contribution in [2.75, 3.05) is 17.2 Å². The van der Waals surface area contributed by atoms with E-state index in [1.54, 1.807) is 20.0 Å². The number of rotatable bonds is 12. The van der Waals surface area contributed by atoms with Crippen LogP contribution in [0.15, 0.2) is 17.8 Å². The van der Waals surface area contributed by atoms with Gasteiger partial charge in [0.1, 0.15) is 22.4 Å². The third kappa shape index (κ3) is 12.3. The Balaban J connectivity index is 0.000000502. The number of nitriles is 1. The summed E-state index contributed by atoms with van der Waals surface area (Å²) in [4.78, 5) is 11.7. The molecule has 56 heavy (non-hydrogen) atoms. The van der Waals surface area contributed by atoms with Crippen LogP contribution in [0.3, 0.4) is 0 Å². The van der Waals surface area contributed by atoms with E-state index in [1.807, 2.05) is 20.8 Å². The molecule has 3 N–H and O–H groups in total. The van der Waals surface area contributed by atoms with Gasteiger partial charge in [0.2, 0.25) is 5.95 Å². The molecule has 3 aromatic rings. The molecule has 2 aliphatic rings. The van der Waals surface area contributed by atoms with Gasteiger partial charge in [-0.2, -0.15) is 5.26 Å². The number of hydrogen-bond donors (Lipinski definition) is 2. The number of anilines is 2. The standard InChI is InChI=1S/C29H31F2N5OS.C9H20.C4H10O.C4H10/c1-6-14(3)22(24-17(10-32)28(33)38-27(24)21(30)7-2)23-20-13-37-12-19(20)18-11-34-29(35-26(18)25(23)31)36-9-8-15(4)16(36)5;1-4-6-7-8-9(3)5-2;1-3-4(2)5;1-3-4-2/h7,11,15-16H,6,8-9,12-13,33H2,1-5H3;9H,4-8H2,1-3H3;4-5H,3H2,1-2H3;3-4H2,1-2H3/b21-7+,22-14+;;;. The van der Waals surface area contributed by atoms with Gasteiger partial charge in [-0.25, -0.2) is 18.7 Å². The number of allylic oxidation sites excluding steroid dienone is 2. The smallest absolute Gasteiger partial charge is 0.226 e. The van der Waals surface area contributed by atoms with E-state index >= 15 is 8.78 Å². The summed E-state index contributed by atoms with van der Waals surface area (Å²) in [7, 11) is 0. The monoisotopic (exact) mass is 796 g/mol. The highest BCUT2D eigenvalue weighted by atomic mass is 32.1. The Kier molecular flexibility index (Phi) is 21.2. The van der Waals surface area contributed by atoms with Crippen molar-refractivity contribution in [3.8, 4) is 6.07 Å². The number of unbranched alkanes of at least 4 members (excludes halogenated alkanes) is 3. The quantitative estimate of drug-likeness (QED) is 0.176. The second kappa shape index (κ2) is 24.4. The van der Waals surface area contributed by atoms with Gasteiger partial charge in [-0.1, -0.05) is 112 Å². The molecule has 0 aliphatic carbocycles. The Morgan fingerprint density at radius 2 is 1.71 bits per heavy atom. The highest BCUT2D eigenvalue weighted by molar-refractivity contribution is 7.17. The van der Waals surface area contributed by atoms with Crippen molar-refractivity contribution >= 4 is 44.6 Å². The van der Waals surface area contributed by atoms with Gasteiger partial charge in [-0.15, -0.1) is 11.3 Å². The van der Waals surface area contributed by atoms with E-state index < -0.39 is 11.6 Å². The van der Waals surface area contributed by atoms with Gasteiger partial charge in [0.25, 0.3) is 0 Å². The maximum atomic E-state index is 16.8. The molecule has 10 heteroatoms. The summed E-state index contributed by atoms with van der Waals surface area (Å²) in [5, 5.41) is 19.2. The average molecular weight is 796 g/mol. The van der Waals surface area contributed by atoms with Crippen molar-refractivity contribution in [2.24, 2.45) is 11.8 Å². The van der Waals surface area contributed by atoms with Crippen LogP contribution in [0.1, 0.15) is 180 Å². The molecule has 0 saturated carbocycles. The third-order valence-electron chi connectivity index (χ3n) is 11.1. The molecule has 1 saturated heterocycles. The summed E-state index contributed by atoms with van der Waals surface area (Å²) >= 11 is 1.00. The fraction of sp³-hybridized carbons (Fsp3) is 0.630. The number of hydrogen-bond acceptors (Lipinski definition) is 8. The molecule has 7 nitrogen and oxygen atoms in total. The molecule has 4 unspecified atom stereocenters. The minimum absolute atomic E-state index is 0.116. The minimum Gasteiger partial charge on any atom is -0.393 e. The van der Waals surface area contributed by atoms with Crippen LogP contribution >= 0.6 is 11.3 Å². The van der Waals surface area contributed by atoms with E-state index in [-0.39, 0.29) is 39.7 Å². The SMILES string of the molecule is C/C=C(/F)c1sc(N)c(C#N)c1/C(=C(\C)CC)c1c2c(c3cnc(N4CCC(C)C4C)nc3c1F)COC2.CCC(C)O.CCCC.CCCCCC(C)CC. The number of nitrogens with zero attached hydrogens (tertiary/aromatic N) is 4. The zero-order valence-electron chi connectivity index (χ0n) is 36.5. The first-order valence-electron chi connectivity index (χ1n) is 21.1. The highest BCUT2D eigenvalue weighted by Crippen LogP contribution is 2.47. The lowest BCUT2D eigenvalue weighted by atomic mass is 9.85. The number of benzene rings is 1. The normalized spacial score (nSPS) is 17.8. The number of aromatic nitrogens is 2. The molecular formula is C46H71F2N5O2S. The summed E-state index contributed by atoms with van der Waals surface area (Å²) in [6, 6.07) is 2.38. The van der Waals surface area contributed by atoms with Gasteiger partial charge >= 0.3 is 0 Å². The Morgan fingerprint density at radius 3 is 2.21 bits per heavy atom. The van der Waals surface area contributed by atoms with Crippen molar-refractivity contribution in [1.82, 2.24) is 9.97 Å². The Morgan fingerprint density at radius 1 is 1.07 bits per heavy atom. The van der Waals surface area contributed by atoms with E-state index in [0.29, 0.717) is 52.5 Å². The maximum absolute atomic E-state index is 16.8. The van der Waals surface area contributed by atoms with Gasteiger partial charge in [-0.05, 0) is 75.5 Å². The van der Waals surface area contributed by atoms with Gasteiger partial charge in [0, 0.05) is 35.3 Å². The topological polar surface area (TPSA) is 108 Å². The van der Waals surface area contributed by atoms with Gasteiger partial charge < -0.3 is 20.5 Å². The van der Waals surface area contributed by atoms with E-state index in [4.69, 9.17) is 20.6 Å². The Labute approximate surface area is 341 Å². The predicted molar refractivity (Wildman–Crippen MR) is 235 cm³/mol. The summed E-state index contributed by atoms with van der Waals surface area (Å²) in [6.45, 7) is 26.0. The van der Waals surface area contributed by atoms with Gasteiger partial charge in [-0.3, -0.25) is 0 Å². The number of aliphatic hydroxyl groups excluding tert-OH is 1. The van der Waals surface area contributed by atoms with Gasteiger partial charge in [0.05, 0.1) is 29.8 Å². The summed E-state index contributed by atoms with van der Waals surface area (Å²) < 4.78 is 37.8. The first kappa shape index (κ1) is 48.8. The molecule has 0 radical (unpaired) electrons. The van der Waals surface area contributed by atoms with Crippen LogP contribution in [-0.4, -0.2) is 33.8 Å². The van der Waals surface area contributed by atoms with Crippen molar-refractivity contribution in [3.63, 3.8) is 0 Å². The van der Waals surface area contributed by atoms with Crippen LogP contribution in [-0.2, 0) is 18.0 Å². The number of fused-ring (bicyclic) bond motifs is 3. The number of aliphatic hydroxyl groups is 1. The Hall–Kier alpha value is -3.39. The first-order valence-corrected chi connectivity index (χ1v) is 21.9. The van der Waals surface area contributed by atoms with E-state index in [2.05, 4.69) is 64.4 Å². The molecule has 0 amide bonds. The van der Waals surface area contributed by atoms with E-state index in [9.17, 15) is 5.26 Å². The molecule has 0 bridgehead atoms. The lowest BCUT2D eigenvalue weighted by Gasteiger charge is -2.24.